The van der Waals surface area contributed by atoms with Crippen LogP contribution in [-0.4, -0.2) is 22.7 Å². The number of carbonyl (C=O) groups is 1. The summed E-state index contributed by atoms with van der Waals surface area (Å²) in [6.07, 6.45) is 0.727. The lowest BCUT2D eigenvalue weighted by atomic mass is 10.0. The second kappa shape index (κ2) is 5.60. The van der Waals surface area contributed by atoms with Gasteiger partial charge in [-0.2, -0.15) is 4.98 Å². The van der Waals surface area contributed by atoms with E-state index in [1.807, 2.05) is 13.8 Å². The van der Waals surface area contributed by atoms with Crippen LogP contribution in [0, 0.1) is 5.92 Å². The van der Waals surface area contributed by atoms with Crippen molar-refractivity contribution in [3.05, 3.63) is 11.7 Å². The molecule has 0 aliphatic heterocycles. The molecule has 1 rings (SSSR count). The van der Waals surface area contributed by atoms with Crippen molar-refractivity contribution in [1.82, 2.24) is 10.1 Å². The van der Waals surface area contributed by atoms with E-state index in [0.29, 0.717) is 5.92 Å². The lowest BCUT2D eigenvalue weighted by Gasteiger charge is -2.08. The Balaban J connectivity index is 2.67. The van der Waals surface area contributed by atoms with Crippen LogP contribution in [0.15, 0.2) is 4.52 Å². The Bertz CT molecular complexity index is 349. The van der Waals surface area contributed by atoms with Gasteiger partial charge >= 0.3 is 5.97 Å². The molecule has 0 saturated heterocycles. The number of carbonyl (C=O) groups excluding carboxylic acids is 1. The largest absolute Gasteiger partial charge is 0.460 e. The summed E-state index contributed by atoms with van der Waals surface area (Å²) < 4.78 is 9.65. The Hall–Kier alpha value is -1.43. The molecule has 1 aromatic heterocycles. The first-order valence-corrected chi connectivity index (χ1v) is 5.30. The number of hydrogen-bond donors (Lipinski definition) is 1. The number of aromatic nitrogens is 2. The predicted octanol–water partition coefficient (Wildman–Crippen LogP) is 1.29. The Morgan fingerprint density at radius 3 is 2.81 bits per heavy atom. The van der Waals surface area contributed by atoms with E-state index >= 15 is 0 Å². The van der Waals surface area contributed by atoms with E-state index in [9.17, 15) is 4.79 Å². The average Bonchev–Trinajstić information content (AvgIpc) is 2.65. The molecule has 0 aromatic carbocycles. The van der Waals surface area contributed by atoms with Crippen LogP contribution in [0.5, 0.6) is 0 Å². The van der Waals surface area contributed by atoms with Gasteiger partial charge in [0.2, 0.25) is 5.89 Å². The Morgan fingerprint density at radius 1 is 1.56 bits per heavy atom. The molecular formula is C10H17N3O3. The molecule has 1 atom stereocenters. The molecule has 0 aliphatic carbocycles. The highest BCUT2D eigenvalue weighted by molar-refractivity contribution is 5.84. The maximum absolute atomic E-state index is 11.3. The van der Waals surface area contributed by atoms with Crippen LogP contribution < -0.4 is 5.73 Å². The zero-order valence-corrected chi connectivity index (χ0v) is 9.77. The van der Waals surface area contributed by atoms with Gasteiger partial charge < -0.3 is 15.0 Å². The standard InChI is InChI=1S/C10H17N3O3/c1-4-15-10(14)8-12-9(16-13-8)7(11)5-6(2)3/h6-7H,4-5,11H2,1-3H3/t7-/m0/s1. The Morgan fingerprint density at radius 2 is 2.25 bits per heavy atom. The number of esters is 1. The lowest BCUT2D eigenvalue weighted by molar-refractivity contribution is 0.0508. The summed E-state index contributed by atoms with van der Waals surface area (Å²) >= 11 is 0. The van der Waals surface area contributed by atoms with Gasteiger partial charge in [-0.1, -0.05) is 13.8 Å². The van der Waals surface area contributed by atoms with E-state index in [0.717, 1.165) is 6.42 Å². The van der Waals surface area contributed by atoms with Gasteiger partial charge in [-0.15, -0.1) is 0 Å². The van der Waals surface area contributed by atoms with Crippen LogP contribution in [-0.2, 0) is 4.74 Å². The predicted molar refractivity (Wildman–Crippen MR) is 56.6 cm³/mol. The van der Waals surface area contributed by atoms with Crippen molar-refractivity contribution in [2.75, 3.05) is 6.61 Å². The molecule has 0 amide bonds. The first kappa shape index (κ1) is 12.6. The minimum Gasteiger partial charge on any atom is -0.460 e. The molecule has 0 bridgehead atoms. The van der Waals surface area contributed by atoms with Crippen molar-refractivity contribution in [3.63, 3.8) is 0 Å². The van der Waals surface area contributed by atoms with E-state index in [1.165, 1.54) is 0 Å². The van der Waals surface area contributed by atoms with E-state index < -0.39 is 5.97 Å². The van der Waals surface area contributed by atoms with Crippen LogP contribution in [0.25, 0.3) is 0 Å². The molecule has 0 radical (unpaired) electrons. The molecule has 0 saturated carbocycles. The normalized spacial score (nSPS) is 12.8. The summed E-state index contributed by atoms with van der Waals surface area (Å²) in [5, 5.41) is 3.52. The molecule has 16 heavy (non-hydrogen) atoms. The fourth-order valence-electron chi connectivity index (χ4n) is 1.27. The van der Waals surface area contributed by atoms with Crippen LogP contribution in [0.1, 0.15) is 49.7 Å². The summed E-state index contributed by atoms with van der Waals surface area (Å²) in [7, 11) is 0. The van der Waals surface area contributed by atoms with Crippen molar-refractivity contribution in [3.8, 4) is 0 Å². The first-order chi connectivity index (χ1) is 7.54. The van der Waals surface area contributed by atoms with Crippen molar-refractivity contribution in [2.24, 2.45) is 11.7 Å². The van der Waals surface area contributed by atoms with E-state index in [1.54, 1.807) is 6.92 Å². The zero-order chi connectivity index (χ0) is 12.1. The highest BCUT2D eigenvalue weighted by Gasteiger charge is 2.20. The van der Waals surface area contributed by atoms with Gasteiger partial charge in [-0.3, -0.25) is 0 Å². The van der Waals surface area contributed by atoms with Gasteiger partial charge in [-0.25, -0.2) is 4.79 Å². The van der Waals surface area contributed by atoms with Crippen LogP contribution >= 0.6 is 0 Å². The molecule has 90 valence electrons. The molecule has 6 nitrogen and oxygen atoms in total. The monoisotopic (exact) mass is 227 g/mol. The highest BCUT2D eigenvalue weighted by Crippen LogP contribution is 2.16. The fraction of sp³-hybridized carbons (Fsp3) is 0.700. The number of ether oxygens (including phenoxy) is 1. The molecular weight excluding hydrogens is 210 g/mol. The first-order valence-electron chi connectivity index (χ1n) is 5.30. The minimum atomic E-state index is -0.589. The number of rotatable bonds is 5. The summed E-state index contributed by atoms with van der Waals surface area (Å²) in [5.41, 5.74) is 5.84. The third kappa shape index (κ3) is 3.30. The number of nitrogens with two attached hydrogens (primary N) is 1. The van der Waals surface area contributed by atoms with E-state index in [4.69, 9.17) is 15.0 Å². The average molecular weight is 227 g/mol. The van der Waals surface area contributed by atoms with E-state index in [-0.39, 0.29) is 24.4 Å². The smallest absolute Gasteiger partial charge is 0.379 e. The topological polar surface area (TPSA) is 91.2 Å². The van der Waals surface area contributed by atoms with Crippen molar-refractivity contribution < 1.29 is 14.1 Å². The van der Waals surface area contributed by atoms with Gasteiger partial charge in [0.15, 0.2) is 0 Å². The van der Waals surface area contributed by atoms with Gasteiger partial charge in [0.25, 0.3) is 5.82 Å². The zero-order valence-electron chi connectivity index (χ0n) is 9.77. The third-order valence-electron chi connectivity index (χ3n) is 1.94. The minimum absolute atomic E-state index is 0.0731. The van der Waals surface area contributed by atoms with Gasteiger partial charge in [0.05, 0.1) is 12.6 Å². The van der Waals surface area contributed by atoms with Crippen LogP contribution in [0.3, 0.4) is 0 Å². The Labute approximate surface area is 94.2 Å². The van der Waals surface area contributed by atoms with Gasteiger partial charge in [0.1, 0.15) is 0 Å². The molecule has 1 aromatic rings. The van der Waals surface area contributed by atoms with Gasteiger partial charge in [-0.05, 0) is 24.4 Å². The molecule has 0 spiro atoms. The summed E-state index contributed by atoms with van der Waals surface area (Å²) in [6, 6.07) is -0.337. The number of nitrogens with zero attached hydrogens (tertiary/aromatic N) is 2. The summed E-state index contributed by atoms with van der Waals surface area (Å²) in [6.45, 7) is 6.08. The molecule has 0 fully saturated rings. The molecule has 1 heterocycles. The lowest BCUT2D eigenvalue weighted by Crippen LogP contribution is -2.14. The highest BCUT2D eigenvalue weighted by atomic mass is 16.5. The van der Waals surface area contributed by atoms with Gasteiger partial charge in [0, 0.05) is 0 Å². The Kier molecular flexibility index (Phi) is 4.42. The van der Waals surface area contributed by atoms with Crippen LogP contribution in [0.4, 0.5) is 0 Å². The molecule has 0 aliphatic rings. The van der Waals surface area contributed by atoms with E-state index in [2.05, 4.69) is 10.1 Å². The second-order valence-corrected chi connectivity index (χ2v) is 3.91. The SMILES string of the molecule is CCOC(=O)c1noc([C@@H](N)CC(C)C)n1. The quantitative estimate of drug-likeness (QED) is 0.762. The maximum Gasteiger partial charge on any atom is 0.379 e. The number of hydrogen-bond acceptors (Lipinski definition) is 6. The third-order valence-corrected chi connectivity index (χ3v) is 1.94. The second-order valence-electron chi connectivity index (χ2n) is 3.91. The summed E-state index contributed by atoms with van der Waals surface area (Å²) in [5.74, 6) is 0.0370. The summed E-state index contributed by atoms with van der Waals surface area (Å²) in [4.78, 5) is 15.2. The van der Waals surface area contributed by atoms with Crippen molar-refractivity contribution in [1.29, 1.82) is 0 Å². The van der Waals surface area contributed by atoms with Crippen molar-refractivity contribution in [2.45, 2.75) is 33.2 Å². The molecule has 0 unspecified atom stereocenters. The fourth-order valence-corrected chi connectivity index (χ4v) is 1.27. The van der Waals surface area contributed by atoms with Crippen LogP contribution in [0.2, 0.25) is 0 Å². The molecule has 6 heteroatoms. The van der Waals surface area contributed by atoms with Crippen molar-refractivity contribution >= 4 is 5.97 Å². The molecule has 2 N–H and O–H groups in total. The maximum atomic E-state index is 11.3.